The van der Waals surface area contributed by atoms with E-state index in [0.717, 1.165) is 29.8 Å². The summed E-state index contributed by atoms with van der Waals surface area (Å²) >= 11 is 9.72. The number of phenolic OH excluding ortho intramolecular Hbond substituents is 1. The average molecular weight is 499 g/mol. The van der Waals surface area contributed by atoms with Crippen molar-refractivity contribution in [3.8, 4) is 11.8 Å². The molecule has 1 aliphatic rings. The van der Waals surface area contributed by atoms with Gasteiger partial charge in [0.1, 0.15) is 16.8 Å². The van der Waals surface area contributed by atoms with Crippen molar-refractivity contribution in [2.45, 2.75) is 40.0 Å². The van der Waals surface area contributed by atoms with Crippen LogP contribution in [0.15, 0.2) is 17.1 Å². The Balaban J connectivity index is 1.96. The van der Waals surface area contributed by atoms with Gasteiger partial charge < -0.3 is 5.11 Å². The van der Waals surface area contributed by atoms with Gasteiger partial charge >= 0.3 is 0 Å². The molecule has 1 heterocycles. The number of nitriles is 1. The molecule has 1 N–H and O–H groups in total. The summed E-state index contributed by atoms with van der Waals surface area (Å²) in [6, 6.07) is 5.72. The lowest BCUT2D eigenvalue weighted by atomic mass is 9.72. The van der Waals surface area contributed by atoms with Crippen LogP contribution in [-0.4, -0.2) is 11.3 Å². The summed E-state index contributed by atoms with van der Waals surface area (Å²) in [4.78, 5) is 5.81. The van der Waals surface area contributed by atoms with Crippen molar-refractivity contribution in [1.29, 1.82) is 5.26 Å². The van der Waals surface area contributed by atoms with E-state index in [1.165, 1.54) is 4.88 Å². The van der Waals surface area contributed by atoms with Crippen molar-refractivity contribution >= 4 is 56.7 Å². The van der Waals surface area contributed by atoms with Crippen LogP contribution in [-0.2, 0) is 12.8 Å². The standard InChI is InChI=1S/C20H20ClIN2OS/c1-20(2,3)12-4-5-14-15(9-23)19(26-17(14)7-12)24-10-11-6-13(21)8-16(22)18(11)25/h6,8,10,12,25H,4-5,7H2,1-3H3/t12-/m1/s1. The molecule has 0 saturated heterocycles. The Kier molecular flexibility index (Phi) is 5.66. The third-order valence-corrected chi connectivity index (χ3v) is 7.16. The molecule has 0 bridgehead atoms. The average Bonchev–Trinajstić information content (AvgIpc) is 2.92. The normalized spacial score (nSPS) is 17.3. The van der Waals surface area contributed by atoms with E-state index in [4.69, 9.17) is 11.6 Å². The maximum absolute atomic E-state index is 10.2. The highest BCUT2D eigenvalue weighted by molar-refractivity contribution is 14.1. The molecule has 1 atom stereocenters. The van der Waals surface area contributed by atoms with Gasteiger partial charge in [-0.1, -0.05) is 32.4 Å². The second-order valence-corrected chi connectivity index (χ2v) is 10.4. The Morgan fingerprint density at radius 3 is 2.81 bits per heavy atom. The molecule has 0 aliphatic heterocycles. The molecular weight excluding hydrogens is 479 g/mol. The summed E-state index contributed by atoms with van der Waals surface area (Å²) in [6.07, 6.45) is 4.65. The molecule has 3 nitrogen and oxygen atoms in total. The van der Waals surface area contributed by atoms with Crippen molar-refractivity contribution < 1.29 is 5.11 Å². The fraction of sp³-hybridized carbons (Fsp3) is 0.400. The predicted molar refractivity (Wildman–Crippen MR) is 117 cm³/mol. The fourth-order valence-corrected chi connectivity index (χ4v) is 5.61. The summed E-state index contributed by atoms with van der Waals surface area (Å²) in [5.74, 6) is 0.780. The van der Waals surface area contributed by atoms with Crippen LogP contribution >= 0.6 is 45.5 Å². The molecule has 1 aromatic heterocycles. The van der Waals surface area contributed by atoms with Crippen LogP contribution in [0.5, 0.6) is 5.75 Å². The molecule has 3 rings (SSSR count). The molecule has 136 valence electrons. The van der Waals surface area contributed by atoms with Crippen molar-refractivity contribution in [1.82, 2.24) is 0 Å². The summed E-state index contributed by atoms with van der Waals surface area (Å²) in [5, 5.41) is 21.1. The third kappa shape index (κ3) is 3.92. The Hall–Kier alpha value is -1.10. The number of rotatable bonds is 2. The molecule has 1 aromatic carbocycles. The van der Waals surface area contributed by atoms with Gasteiger partial charge in [0, 0.05) is 21.7 Å². The van der Waals surface area contributed by atoms with Crippen LogP contribution in [0.1, 0.15) is 48.8 Å². The van der Waals surface area contributed by atoms with Crippen LogP contribution in [0, 0.1) is 26.2 Å². The Morgan fingerprint density at radius 2 is 2.15 bits per heavy atom. The van der Waals surface area contributed by atoms with Gasteiger partial charge in [-0.15, -0.1) is 11.3 Å². The summed E-state index contributed by atoms with van der Waals surface area (Å²) in [5.41, 5.74) is 2.67. The van der Waals surface area contributed by atoms with Crippen LogP contribution in [0.4, 0.5) is 5.00 Å². The number of aliphatic imine (C=N–C) groups is 1. The smallest absolute Gasteiger partial charge is 0.137 e. The quantitative estimate of drug-likeness (QED) is 0.380. The third-order valence-electron chi connectivity index (χ3n) is 4.96. The molecule has 6 heteroatoms. The fourth-order valence-electron chi connectivity index (χ4n) is 3.33. The predicted octanol–water partition coefficient (Wildman–Crippen LogP) is 6.48. The van der Waals surface area contributed by atoms with E-state index >= 15 is 0 Å². The molecule has 1 aliphatic carbocycles. The van der Waals surface area contributed by atoms with Gasteiger partial charge in [0.05, 0.1) is 9.13 Å². The molecule has 0 radical (unpaired) electrons. The second kappa shape index (κ2) is 7.49. The zero-order valence-electron chi connectivity index (χ0n) is 14.9. The van der Waals surface area contributed by atoms with E-state index in [1.807, 2.05) is 22.6 Å². The minimum Gasteiger partial charge on any atom is -0.506 e. The van der Waals surface area contributed by atoms with Gasteiger partial charge in [-0.2, -0.15) is 5.26 Å². The topological polar surface area (TPSA) is 56.4 Å². The number of benzene rings is 1. The number of thiophene rings is 1. The highest BCUT2D eigenvalue weighted by Crippen LogP contribution is 2.45. The lowest BCUT2D eigenvalue weighted by Gasteiger charge is -2.33. The van der Waals surface area contributed by atoms with Crippen molar-refractivity contribution in [2.24, 2.45) is 16.3 Å². The van der Waals surface area contributed by atoms with E-state index in [0.29, 0.717) is 25.6 Å². The minimum absolute atomic E-state index is 0.159. The number of fused-ring (bicyclic) bond motifs is 1. The highest BCUT2D eigenvalue weighted by Gasteiger charge is 2.32. The van der Waals surface area contributed by atoms with Gasteiger partial charge in [0.2, 0.25) is 0 Å². The van der Waals surface area contributed by atoms with Gasteiger partial charge in [0.25, 0.3) is 0 Å². The van der Waals surface area contributed by atoms with Gasteiger partial charge in [-0.05, 0) is 70.9 Å². The first-order valence-electron chi connectivity index (χ1n) is 8.47. The van der Waals surface area contributed by atoms with Gasteiger partial charge in [-0.25, -0.2) is 4.99 Å². The zero-order valence-corrected chi connectivity index (χ0v) is 18.7. The van der Waals surface area contributed by atoms with Crippen LogP contribution in [0.3, 0.4) is 0 Å². The van der Waals surface area contributed by atoms with Crippen LogP contribution < -0.4 is 0 Å². The first-order chi connectivity index (χ1) is 12.2. The first kappa shape index (κ1) is 19.7. The van der Waals surface area contributed by atoms with E-state index in [1.54, 1.807) is 29.7 Å². The molecular formula is C20H20ClIN2OS. The number of halogens is 2. The minimum atomic E-state index is 0.159. The Bertz CT molecular complexity index is 921. The zero-order chi connectivity index (χ0) is 19.1. The summed E-state index contributed by atoms with van der Waals surface area (Å²) < 4.78 is 0.676. The molecule has 0 fully saturated rings. The molecule has 2 aromatic rings. The summed E-state index contributed by atoms with van der Waals surface area (Å²) in [7, 11) is 0. The molecule has 0 unspecified atom stereocenters. The van der Waals surface area contributed by atoms with Crippen molar-refractivity contribution in [3.05, 3.63) is 42.3 Å². The van der Waals surface area contributed by atoms with Crippen LogP contribution in [0.2, 0.25) is 5.02 Å². The number of nitrogens with zero attached hydrogens (tertiary/aromatic N) is 2. The SMILES string of the molecule is CC(C)(C)[C@@H]1CCc2c(sc(N=Cc3cc(Cl)cc(I)c3O)c2C#N)C1. The number of aromatic hydroxyl groups is 1. The van der Waals surface area contributed by atoms with Crippen LogP contribution in [0.25, 0.3) is 0 Å². The van der Waals surface area contributed by atoms with Gasteiger partial charge in [-0.3, -0.25) is 0 Å². The highest BCUT2D eigenvalue weighted by atomic mass is 127. The van der Waals surface area contributed by atoms with E-state index in [2.05, 4.69) is 31.8 Å². The second-order valence-electron chi connectivity index (χ2n) is 7.69. The van der Waals surface area contributed by atoms with Crippen molar-refractivity contribution in [2.75, 3.05) is 0 Å². The largest absolute Gasteiger partial charge is 0.506 e. The number of hydrogen-bond donors (Lipinski definition) is 1. The van der Waals surface area contributed by atoms with E-state index in [-0.39, 0.29) is 11.2 Å². The Labute approximate surface area is 176 Å². The van der Waals surface area contributed by atoms with Crippen molar-refractivity contribution in [3.63, 3.8) is 0 Å². The lowest BCUT2D eigenvalue weighted by molar-refractivity contribution is 0.218. The number of phenols is 1. The molecule has 0 saturated carbocycles. The van der Waals surface area contributed by atoms with E-state index < -0.39 is 0 Å². The lowest BCUT2D eigenvalue weighted by Crippen LogP contribution is -2.26. The monoisotopic (exact) mass is 498 g/mol. The Morgan fingerprint density at radius 1 is 1.42 bits per heavy atom. The first-order valence-corrected chi connectivity index (χ1v) is 10.7. The molecule has 0 amide bonds. The molecule has 26 heavy (non-hydrogen) atoms. The van der Waals surface area contributed by atoms with Gasteiger partial charge in [0.15, 0.2) is 0 Å². The number of hydrogen-bond acceptors (Lipinski definition) is 4. The molecule has 0 spiro atoms. The summed E-state index contributed by atoms with van der Waals surface area (Å²) in [6.45, 7) is 6.85. The maximum atomic E-state index is 10.2. The maximum Gasteiger partial charge on any atom is 0.137 e. The van der Waals surface area contributed by atoms with E-state index in [9.17, 15) is 10.4 Å².